The summed E-state index contributed by atoms with van der Waals surface area (Å²) in [6.07, 6.45) is 0. The van der Waals surface area contributed by atoms with Gasteiger partial charge in [0.25, 0.3) is 0 Å². The van der Waals surface area contributed by atoms with Gasteiger partial charge in [0, 0.05) is 10.4 Å². The summed E-state index contributed by atoms with van der Waals surface area (Å²) in [6, 6.07) is 30.6. The lowest BCUT2D eigenvalue weighted by Crippen LogP contribution is -2.77. The maximum absolute atomic E-state index is 13.9. The number of hydrogen-bond donors (Lipinski definition) is 0. The quantitative estimate of drug-likeness (QED) is 0.463. The van der Waals surface area contributed by atoms with E-state index in [0.717, 1.165) is 16.8 Å². The summed E-state index contributed by atoms with van der Waals surface area (Å²) in [5.41, 5.74) is 2.46. The molecule has 3 heteroatoms. The smallest absolute Gasteiger partial charge is 0.246 e. The van der Waals surface area contributed by atoms with Crippen LogP contribution in [0.15, 0.2) is 91.0 Å². The van der Waals surface area contributed by atoms with Gasteiger partial charge in [0.2, 0.25) is 5.91 Å². The Bertz CT molecular complexity index is 961. The number of benzene rings is 3. The Kier molecular flexibility index (Phi) is 3.38. The van der Waals surface area contributed by atoms with Crippen molar-refractivity contribution in [3.8, 4) is 0 Å². The van der Waals surface area contributed by atoms with Gasteiger partial charge in [-0.1, -0.05) is 78.9 Å². The molecule has 3 aromatic carbocycles. The van der Waals surface area contributed by atoms with Crippen molar-refractivity contribution in [3.63, 3.8) is 0 Å². The molecule has 0 bridgehead atoms. The molecular weight excluding hydrogens is 350 g/mol. The monoisotopic (exact) mass is 371 g/mol. The van der Waals surface area contributed by atoms with Crippen molar-refractivity contribution >= 4 is 23.4 Å². The van der Waals surface area contributed by atoms with Crippen molar-refractivity contribution < 1.29 is 4.79 Å². The van der Waals surface area contributed by atoms with Crippen LogP contribution in [0.2, 0.25) is 0 Å². The number of hydrogen-bond acceptors (Lipinski definition) is 2. The van der Waals surface area contributed by atoms with Gasteiger partial charge in [-0.15, -0.1) is 11.8 Å². The average Bonchev–Trinajstić information content (AvgIpc) is 3.29. The highest BCUT2D eigenvalue weighted by Crippen LogP contribution is 2.79. The summed E-state index contributed by atoms with van der Waals surface area (Å²) >= 11 is 1.89. The second-order valence-corrected chi connectivity index (χ2v) is 9.53. The van der Waals surface area contributed by atoms with Crippen molar-refractivity contribution in [2.75, 3.05) is 4.90 Å². The highest BCUT2D eigenvalue weighted by molar-refractivity contribution is 8.10. The van der Waals surface area contributed by atoms with Crippen LogP contribution in [0.4, 0.5) is 5.69 Å². The molecule has 2 aliphatic heterocycles. The van der Waals surface area contributed by atoms with Crippen LogP contribution in [0.25, 0.3) is 0 Å². The van der Waals surface area contributed by atoms with Crippen LogP contribution in [-0.2, 0) is 10.2 Å². The predicted octanol–water partition coefficient (Wildman–Crippen LogP) is 5.24. The summed E-state index contributed by atoms with van der Waals surface area (Å²) in [6.45, 7) is 4.50. The lowest BCUT2D eigenvalue weighted by atomic mass is 9.58. The minimum Gasteiger partial charge on any atom is -0.293 e. The molecule has 5 rings (SSSR count). The first-order chi connectivity index (χ1) is 13.1. The third-order valence-corrected chi connectivity index (χ3v) is 7.85. The molecule has 2 saturated heterocycles. The number of anilines is 1. The molecule has 3 aromatic rings. The highest BCUT2D eigenvalue weighted by atomic mass is 32.2. The topological polar surface area (TPSA) is 20.3 Å². The maximum atomic E-state index is 13.9. The van der Waals surface area contributed by atoms with E-state index in [0.29, 0.717) is 0 Å². The lowest BCUT2D eigenvalue weighted by Gasteiger charge is -2.58. The van der Waals surface area contributed by atoms with Gasteiger partial charge in [-0.2, -0.15) is 0 Å². The van der Waals surface area contributed by atoms with E-state index in [1.807, 2.05) is 83.4 Å². The van der Waals surface area contributed by atoms with Gasteiger partial charge in [0.15, 0.2) is 0 Å². The first-order valence-electron chi connectivity index (χ1n) is 9.27. The number of para-hydroxylation sites is 1. The maximum Gasteiger partial charge on any atom is 0.246 e. The van der Waals surface area contributed by atoms with Gasteiger partial charge < -0.3 is 0 Å². The van der Waals surface area contributed by atoms with Gasteiger partial charge in [-0.05, 0) is 37.1 Å². The number of β-lactam (4-membered cyclic amide) rings is 1. The van der Waals surface area contributed by atoms with Crippen LogP contribution < -0.4 is 4.90 Å². The Labute approximate surface area is 164 Å². The number of amides is 1. The molecule has 27 heavy (non-hydrogen) atoms. The average molecular weight is 372 g/mol. The van der Waals surface area contributed by atoms with Crippen molar-refractivity contribution in [1.29, 1.82) is 0 Å². The van der Waals surface area contributed by atoms with Gasteiger partial charge in [-0.3, -0.25) is 9.69 Å². The Morgan fingerprint density at radius 2 is 1.11 bits per heavy atom. The minimum atomic E-state index is -0.667. The number of carbonyl (C=O) groups excluding carboxylic acids is 1. The number of nitrogens with zero attached hydrogens (tertiary/aromatic N) is 1. The van der Waals surface area contributed by atoms with E-state index >= 15 is 0 Å². The lowest BCUT2D eigenvalue weighted by molar-refractivity contribution is -0.131. The van der Waals surface area contributed by atoms with E-state index in [-0.39, 0.29) is 15.5 Å². The Hall–Kier alpha value is -2.52. The fourth-order valence-electron chi connectivity index (χ4n) is 4.81. The molecule has 0 aromatic heterocycles. The molecule has 0 N–H and O–H groups in total. The van der Waals surface area contributed by atoms with Crippen molar-refractivity contribution in [1.82, 2.24) is 0 Å². The van der Waals surface area contributed by atoms with Crippen LogP contribution in [0, 0.1) is 0 Å². The fourth-order valence-corrected chi connectivity index (χ4v) is 6.50. The zero-order valence-corrected chi connectivity index (χ0v) is 16.2. The Morgan fingerprint density at radius 3 is 1.52 bits per heavy atom. The standard InChI is InChI=1S/C24H21NOS/c1-22(2)24(27-22)23(18-12-6-3-7-13-18,19-14-8-4-9-15-19)21(26)25(24)20-16-10-5-11-17-20/h3-17H,1-2H3. The predicted molar refractivity (Wildman–Crippen MR) is 112 cm³/mol. The van der Waals surface area contributed by atoms with E-state index in [9.17, 15) is 4.79 Å². The zero-order chi connectivity index (χ0) is 18.7. The third kappa shape index (κ3) is 1.90. The van der Waals surface area contributed by atoms with E-state index < -0.39 is 5.41 Å². The minimum absolute atomic E-state index is 0.0393. The van der Waals surface area contributed by atoms with Gasteiger partial charge in [-0.25, -0.2) is 0 Å². The second-order valence-electron chi connectivity index (χ2n) is 7.71. The third-order valence-electron chi connectivity index (χ3n) is 5.95. The van der Waals surface area contributed by atoms with Gasteiger partial charge >= 0.3 is 0 Å². The van der Waals surface area contributed by atoms with E-state index in [4.69, 9.17) is 0 Å². The van der Waals surface area contributed by atoms with Gasteiger partial charge in [0.1, 0.15) is 10.3 Å². The van der Waals surface area contributed by atoms with Crippen molar-refractivity contribution in [2.24, 2.45) is 0 Å². The normalized spacial score (nSPS) is 24.5. The van der Waals surface area contributed by atoms with Crippen LogP contribution in [-0.4, -0.2) is 15.5 Å². The molecule has 1 amide bonds. The molecule has 1 unspecified atom stereocenters. The molecule has 2 fully saturated rings. The van der Waals surface area contributed by atoms with Crippen molar-refractivity contribution in [3.05, 3.63) is 102 Å². The fraction of sp³-hybridized carbons (Fsp3) is 0.208. The van der Waals surface area contributed by atoms with Crippen LogP contribution in [0.5, 0.6) is 0 Å². The molecule has 2 nitrogen and oxygen atoms in total. The number of thioether (sulfide) groups is 1. The van der Waals surface area contributed by atoms with Gasteiger partial charge in [0.05, 0.1) is 0 Å². The molecule has 134 valence electrons. The molecule has 0 radical (unpaired) electrons. The van der Waals surface area contributed by atoms with E-state index in [1.54, 1.807) is 0 Å². The molecule has 2 heterocycles. The van der Waals surface area contributed by atoms with Crippen molar-refractivity contribution in [2.45, 2.75) is 28.9 Å². The number of carbonyl (C=O) groups is 1. The SMILES string of the molecule is CC1(C)SC12N(c1ccccc1)C(=O)C2(c1ccccc1)c1ccccc1. The van der Waals surface area contributed by atoms with Crippen LogP contribution >= 0.6 is 11.8 Å². The largest absolute Gasteiger partial charge is 0.293 e. The first-order valence-corrected chi connectivity index (χ1v) is 10.1. The summed E-state index contributed by atoms with van der Waals surface area (Å²) in [5.74, 6) is 0.157. The van der Waals surface area contributed by atoms with Crippen LogP contribution in [0.3, 0.4) is 0 Å². The molecule has 0 saturated carbocycles. The molecule has 1 spiro atoms. The second kappa shape index (κ2) is 5.49. The number of rotatable bonds is 3. The molecular formula is C24H21NOS. The summed E-state index contributed by atoms with van der Waals surface area (Å²) < 4.78 is -0.0393. The molecule has 2 aliphatic rings. The molecule has 1 atom stereocenters. The summed E-state index contributed by atoms with van der Waals surface area (Å²) in [4.78, 5) is 15.6. The zero-order valence-electron chi connectivity index (χ0n) is 15.4. The Balaban J connectivity index is 1.79. The van der Waals surface area contributed by atoms with E-state index in [2.05, 4.69) is 38.1 Å². The van der Waals surface area contributed by atoms with Crippen LogP contribution in [0.1, 0.15) is 25.0 Å². The first kappa shape index (κ1) is 16.6. The Morgan fingerprint density at radius 1 is 0.704 bits per heavy atom. The molecule has 0 aliphatic carbocycles. The highest BCUT2D eigenvalue weighted by Gasteiger charge is 2.87. The summed E-state index contributed by atoms with van der Waals surface area (Å²) in [7, 11) is 0. The van der Waals surface area contributed by atoms with E-state index in [1.165, 1.54) is 0 Å². The summed E-state index contributed by atoms with van der Waals surface area (Å²) in [5, 5.41) is 0.